The number of benzene rings is 1. The van der Waals surface area contributed by atoms with E-state index in [1.807, 2.05) is 0 Å². The van der Waals surface area contributed by atoms with Gasteiger partial charge in [0.2, 0.25) is 0 Å². The summed E-state index contributed by atoms with van der Waals surface area (Å²) in [5.74, 6) is 0. The molecule has 92 valence electrons. The molecule has 2 aliphatic heterocycles. The molecule has 0 N–H and O–H groups in total. The van der Waals surface area contributed by atoms with E-state index in [4.69, 9.17) is 4.52 Å². The monoisotopic (exact) mass is 249 g/mol. The minimum Gasteiger partial charge on any atom is -0.334 e. The van der Waals surface area contributed by atoms with Crippen molar-refractivity contribution >= 4 is 8.30 Å². The fraction of sp³-hybridized carbons (Fsp3) is 0.571. The molecule has 1 aromatic rings. The Hall–Kier alpha value is -0.430. The van der Waals surface area contributed by atoms with Crippen LogP contribution < -0.4 is 0 Å². The summed E-state index contributed by atoms with van der Waals surface area (Å²) < 4.78 is 9.00. The third kappa shape index (κ3) is 2.03. The molecular weight excluding hydrogens is 229 g/mol. The van der Waals surface area contributed by atoms with Gasteiger partial charge in [0.1, 0.15) is 14.4 Å². The van der Waals surface area contributed by atoms with Crippen molar-refractivity contribution in [2.24, 2.45) is 0 Å². The molecule has 1 aromatic carbocycles. The van der Waals surface area contributed by atoms with Crippen LogP contribution in [0.3, 0.4) is 0 Å². The second kappa shape index (κ2) is 4.68. The molecule has 2 fully saturated rings. The highest BCUT2D eigenvalue weighted by Crippen LogP contribution is 2.61. The fourth-order valence-electron chi connectivity index (χ4n) is 2.92. The number of hydrogen-bond donors (Lipinski definition) is 0. The molecule has 2 heterocycles. The van der Waals surface area contributed by atoms with Crippen molar-refractivity contribution in [3.63, 3.8) is 0 Å². The molecule has 0 aliphatic carbocycles. The maximum Gasteiger partial charge on any atom is 0.108 e. The Morgan fingerprint density at radius 2 is 2.06 bits per heavy atom. The summed E-state index contributed by atoms with van der Waals surface area (Å²) in [6, 6.07) is 11.4. The van der Waals surface area contributed by atoms with Crippen molar-refractivity contribution in [1.29, 1.82) is 0 Å². The highest BCUT2D eigenvalue weighted by Gasteiger charge is 2.46. The highest BCUT2D eigenvalue weighted by atomic mass is 31.2. The van der Waals surface area contributed by atoms with Crippen molar-refractivity contribution in [2.45, 2.75) is 44.5 Å². The molecule has 0 aromatic heterocycles. The van der Waals surface area contributed by atoms with E-state index in [-0.39, 0.29) is 8.30 Å². The minimum absolute atomic E-state index is 0.312. The minimum atomic E-state index is -0.374. The Balaban J connectivity index is 1.87. The third-order valence-corrected chi connectivity index (χ3v) is 5.99. The lowest BCUT2D eigenvalue weighted by Crippen LogP contribution is -2.23. The third-order valence-electron chi connectivity index (χ3n) is 3.66. The zero-order valence-electron chi connectivity index (χ0n) is 10.5. The van der Waals surface area contributed by atoms with Crippen LogP contribution in [-0.4, -0.2) is 22.9 Å². The van der Waals surface area contributed by atoms with Crippen LogP contribution >= 0.6 is 8.30 Å². The first-order chi connectivity index (χ1) is 8.27. The predicted molar refractivity (Wildman–Crippen MR) is 72.1 cm³/mol. The van der Waals surface area contributed by atoms with Crippen LogP contribution in [0, 0.1) is 0 Å². The van der Waals surface area contributed by atoms with E-state index in [0.717, 1.165) is 0 Å². The molecule has 0 spiro atoms. The van der Waals surface area contributed by atoms with Gasteiger partial charge in [0.05, 0.1) is 0 Å². The number of fused-ring (bicyclic) bond motifs is 1. The smallest absolute Gasteiger partial charge is 0.108 e. The highest BCUT2D eigenvalue weighted by molar-refractivity contribution is 7.51. The summed E-state index contributed by atoms with van der Waals surface area (Å²) in [7, 11) is -0.374. The molecule has 3 unspecified atom stereocenters. The normalized spacial score (nSPS) is 33.2. The van der Waals surface area contributed by atoms with Crippen LogP contribution in [0.15, 0.2) is 30.3 Å². The van der Waals surface area contributed by atoms with Crippen molar-refractivity contribution in [2.75, 3.05) is 6.54 Å². The first-order valence-electron chi connectivity index (χ1n) is 6.55. The van der Waals surface area contributed by atoms with Gasteiger partial charge in [0.15, 0.2) is 0 Å². The SMILES string of the molecule is CC(C)P1OC(c2ccccc2)C2CCCN21. The maximum atomic E-state index is 6.37. The van der Waals surface area contributed by atoms with Crippen LogP contribution in [0.5, 0.6) is 0 Å². The molecule has 0 amide bonds. The van der Waals surface area contributed by atoms with Gasteiger partial charge in [0, 0.05) is 18.2 Å². The number of nitrogens with zero attached hydrogens (tertiary/aromatic N) is 1. The lowest BCUT2D eigenvalue weighted by Gasteiger charge is -2.23. The van der Waals surface area contributed by atoms with E-state index in [2.05, 4.69) is 48.8 Å². The van der Waals surface area contributed by atoms with Crippen molar-refractivity contribution in [3.05, 3.63) is 35.9 Å². The lowest BCUT2D eigenvalue weighted by molar-refractivity contribution is 0.213. The van der Waals surface area contributed by atoms with Crippen LogP contribution in [-0.2, 0) is 4.52 Å². The zero-order valence-corrected chi connectivity index (χ0v) is 11.4. The molecular formula is C14H20NOP. The molecule has 0 radical (unpaired) electrons. The average molecular weight is 249 g/mol. The Morgan fingerprint density at radius 1 is 1.29 bits per heavy atom. The Morgan fingerprint density at radius 3 is 2.76 bits per heavy atom. The number of rotatable bonds is 2. The molecule has 0 saturated carbocycles. The first kappa shape index (κ1) is 11.6. The lowest BCUT2D eigenvalue weighted by atomic mass is 10.0. The summed E-state index contributed by atoms with van der Waals surface area (Å²) >= 11 is 0. The summed E-state index contributed by atoms with van der Waals surface area (Å²) in [6.07, 6.45) is 2.95. The number of hydrogen-bond acceptors (Lipinski definition) is 2. The maximum absolute atomic E-state index is 6.37. The van der Waals surface area contributed by atoms with Gasteiger partial charge in [0.25, 0.3) is 0 Å². The molecule has 0 bridgehead atoms. The van der Waals surface area contributed by atoms with Gasteiger partial charge in [-0.05, 0) is 18.4 Å². The van der Waals surface area contributed by atoms with Gasteiger partial charge < -0.3 is 4.52 Å². The second-order valence-corrected chi connectivity index (χ2v) is 7.57. The largest absolute Gasteiger partial charge is 0.334 e. The zero-order chi connectivity index (χ0) is 11.8. The van der Waals surface area contributed by atoms with E-state index < -0.39 is 0 Å². The van der Waals surface area contributed by atoms with E-state index in [9.17, 15) is 0 Å². The molecule has 2 nitrogen and oxygen atoms in total. The van der Waals surface area contributed by atoms with E-state index >= 15 is 0 Å². The summed E-state index contributed by atoms with van der Waals surface area (Å²) in [6.45, 7) is 5.81. The van der Waals surface area contributed by atoms with Gasteiger partial charge in [-0.15, -0.1) is 0 Å². The second-order valence-electron chi connectivity index (χ2n) is 5.21. The quantitative estimate of drug-likeness (QED) is 0.736. The fourth-order valence-corrected chi connectivity index (χ4v) is 5.24. The van der Waals surface area contributed by atoms with Gasteiger partial charge in [-0.2, -0.15) is 0 Å². The molecule has 17 heavy (non-hydrogen) atoms. The predicted octanol–water partition coefficient (Wildman–Crippen LogP) is 3.94. The van der Waals surface area contributed by atoms with Crippen molar-refractivity contribution < 1.29 is 4.52 Å². The van der Waals surface area contributed by atoms with Crippen molar-refractivity contribution in [1.82, 2.24) is 4.67 Å². The Kier molecular flexibility index (Phi) is 3.21. The molecule has 2 saturated heterocycles. The van der Waals surface area contributed by atoms with E-state index in [0.29, 0.717) is 17.8 Å². The van der Waals surface area contributed by atoms with Gasteiger partial charge in [-0.3, -0.25) is 4.67 Å². The van der Waals surface area contributed by atoms with Gasteiger partial charge in [-0.1, -0.05) is 44.2 Å². The van der Waals surface area contributed by atoms with E-state index in [1.54, 1.807) is 0 Å². The van der Waals surface area contributed by atoms with Crippen molar-refractivity contribution in [3.8, 4) is 0 Å². The van der Waals surface area contributed by atoms with Crippen LogP contribution in [0.2, 0.25) is 0 Å². The summed E-state index contributed by atoms with van der Waals surface area (Å²) in [5.41, 5.74) is 1.99. The van der Waals surface area contributed by atoms with Gasteiger partial charge in [-0.25, -0.2) is 0 Å². The topological polar surface area (TPSA) is 12.5 Å². The van der Waals surface area contributed by atoms with Gasteiger partial charge >= 0.3 is 0 Å². The molecule has 3 heteroatoms. The molecule has 3 atom stereocenters. The first-order valence-corrected chi connectivity index (χ1v) is 7.83. The molecule has 3 rings (SSSR count). The van der Waals surface area contributed by atoms with E-state index in [1.165, 1.54) is 24.9 Å². The van der Waals surface area contributed by atoms with Crippen LogP contribution in [0.1, 0.15) is 38.4 Å². The molecule has 2 aliphatic rings. The average Bonchev–Trinajstić information content (AvgIpc) is 2.90. The van der Waals surface area contributed by atoms with Crippen LogP contribution in [0.25, 0.3) is 0 Å². The summed E-state index contributed by atoms with van der Waals surface area (Å²) in [4.78, 5) is 0. The summed E-state index contributed by atoms with van der Waals surface area (Å²) in [5, 5.41) is 0. The van der Waals surface area contributed by atoms with Crippen LogP contribution in [0.4, 0.5) is 0 Å². The standard InChI is InChI=1S/C14H20NOP/c1-11(2)17-15-10-6-9-13(15)14(16-17)12-7-4-3-5-8-12/h3-5,7-8,11,13-14H,6,9-10H2,1-2H3. The Bertz CT molecular complexity index is 381. The Labute approximate surface area is 105 Å².